The lowest BCUT2D eigenvalue weighted by Gasteiger charge is -2.28. The van der Waals surface area contributed by atoms with Gasteiger partial charge in [0.05, 0.1) is 6.10 Å². The average Bonchev–Trinajstić information content (AvgIpc) is 2.30. The fourth-order valence-corrected chi connectivity index (χ4v) is 3.26. The van der Waals surface area contributed by atoms with E-state index < -0.39 is 0 Å². The van der Waals surface area contributed by atoms with E-state index in [0.29, 0.717) is 6.04 Å². The third kappa shape index (κ3) is 3.17. The molecule has 1 fully saturated rings. The second-order valence-corrected chi connectivity index (χ2v) is 5.86. The van der Waals surface area contributed by atoms with E-state index in [4.69, 9.17) is 0 Å². The van der Waals surface area contributed by atoms with Crippen LogP contribution in [-0.4, -0.2) is 46.7 Å². The van der Waals surface area contributed by atoms with Crippen molar-refractivity contribution in [3.05, 3.63) is 0 Å². The minimum Gasteiger partial charge on any atom is -0.392 e. The summed E-state index contributed by atoms with van der Waals surface area (Å²) in [5.41, 5.74) is 0. The molecule has 1 aliphatic rings. The van der Waals surface area contributed by atoms with Crippen molar-refractivity contribution in [2.75, 3.05) is 24.6 Å². The lowest BCUT2D eigenvalue weighted by Crippen LogP contribution is -2.42. The molecule has 0 aliphatic carbocycles. The van der Waals surface area contributed by atoms with Crippen molar-refractivity contribution in [3.63, 3.8) is 0 Å². The molecular formula is C8H17NOS2. The lowest BCUT2D eigenvalue weighted by atomic mass is 10.2. The summed E-state index contributed by atoms with van der Waals surface area (Å²) < 4.78 is 0. The van der Waals surface area contributed by atoms with Gasteiger partial charge in [0.2, 0.25) is 0 Å². The highest BCUT2D eigenvalue weighted by Crippen LogP contribution is 2.24. The van der Waals surface area contributed by atoms with Gasteiger partial charge in [0.15, 0.2) is 0 Å². The SMILES string of the molecule is CC(O)C(C)N1CCSSCC1. The Bertz CT molecular complexity index is 124. The van der Waals surface area contributed by atoms with Crippen molar-refractivity contribution in [1.82, 2.24) is 4.90 Å². The molecule has 4 heteroatoms. The zero-order valence-electron chi connectivity index (χ0n) is 7.69. The van der Waals surface area contributed by atoms with Gasteiger partial charge in [0.25, 0.3) is 0 Å². The van der Waals surface area contributed by atoms with Gasteiger partial charge in [-0.3, -0.25) is 4.90 Å². The summed E-state index contributed by atoms with van der Waals surface area (Å²) in [6.45, 7) is 6.20. The molecule has 0 radical (unpaired) electrons. The van der Waals surface area contributed by atoms with Crippen molar-refractivity contribution in [2.45, 2.75) is 26.0 Å². The van der Waals surface area contributed by atoms with Crippen LogP contribution in [0.25, 0.3) is 0 Å². The molecule has 0 aromatic carbocycles. The van der Waals surface area contributed by atoms with E-state index in [-0.39, 0.29) is 6.10 Å². The summed E-state index contributed by atoms with van der Waals surface area (Å²) in [6, 6.07) is 0.310. The van der Waals surface area contributed by atoms with Crippen molar-refractivity contribution in [2.24, 2.45) is 0 Å². The summed E-state index contributed by atoms with van der Waals surface area (Å²) in [4.78, 5) is 2.37. The third-order valence-corrected chi connectivity index (χ3v) is 4.65. The van der Waals surface area contributed by atoms with Gasteiger partial charge in [-0.05, 0) is 13.8 Å². The standard InChI is InChI=1S/C8H17NOS2/c1-7(8(2)10)9-3-5-11-12-6-4-9/h7-8,10H,3-6H2,1-2H3. The largest absolute Gasteiger partial charge is 0.392 e. The molecule has 0 saturated carbocycles. The second-order valence-electron chi connectivity index (χ2n) is 3.16. The predicted molar refractivity (Wildman–Crippen MR) is 57.6 cm³/mol. The third-order valence-electron chi connectivity index (χ3n) is 2.28. The fraction of sp³-hybridized carbons (Fsp3) is 1.00. The van der Waals surface area contributed by atoms with E-state index in [0.717, 1.165) is 13.1 Å². The van der Waals surface area contributed by atoms with Gasteiger partial charge >= 0.3 is 0 Å². The number of rotatable bonds is 2. The average molecular weight is 207 g/mol. The van der Waals surface area contributed by atoms with Gasteiger partial charge in [0, 0.05) is 30.6 Å². The van der Waals surface area contributed by atoms with Crippen LogP contribution in [0.5, 0.6) is 0 Å². The molecule has 2 atom stereocenters. The molecule has 72 valence electrons. The van der Waals surface area contributed by atoms with Gasteiger partial charge in [-0.25, -0.2) is 0 Å². The fourth-order valence-electron chi connectivity index (χ4n) is 1.25. The van der Waals surface area contributed by atoms with Gasteiger partial charge in [-0.1, -0.05) is 21.6 Å². The van der Waals surface area contributed by atoms with E-state index >= 15 is 0 Å². The molecule has 0 spiro atoms. The number of hydrogen-bond donors (Lipinski definition) is 1. The summed E-state index contributed by atoms with van der Waals surface area (Å²) in [5, 5.41) is 9.41. The molecule has 1 heterocycles. The number of hydrogen-bond acceptors (Lipinski definition) is 4. The first-order valence-corrected chi connectivity index (χ1v) is 6.87. The van der Waals surface area contributed by atoms with Gasteiger partial charge in [0.1, 0.15) is 0 Å². The molecule has 2 unspecified atom stereocenters. The molecule has 0 amide bonds. The van der Waals surface area contributed by atoms with Gasteiger partial charge in [-0.2, -0.15) is 0 Å². The van der Waals surface area contributed by atoms with Crippen LogP contribution in [0, 0.1) is 0 Å². The van der Waals surface area contributed by atoms with Crippen molar-refractivity contribution in [1.29, 1.82) is 0 Å². The molecule has 1 saturated heterocycles. The van der Waals surface area contributed by atoms with Crippen molar-refractivity contribution >= 4 is 21.6 Å². The van der Waals surface area contributed by atoms with Crippen LogP contribution in [-0.2, 0) is 0 Å². The van der Waals surface area contributed by atoms with Crippen LogP contribution in [0.3, 0.4) is 0 Å². The first-order valence-electron chi connectivity index (χ1n) is 4.38. The minimum atomic E-state index is -0.210. The Morgan fingerprint density at radius 1 is 1.17 bits per heavy atom. The Morgan fingerprint density at radius 3 is 2.08 bits per heavy atom. The smallest absolute Gasteiger partial charge is 0.0664 e. The Morgan fingerprint density at radius 2 is 1.67 bits per heavy atom. The van der Waals surface area contributed by atoms with Crippen LogP contribution < -0.4 is 0 Å². The molecule has 1 aliphatic heterocycles. The van der Waals surface area contributed by atoms with Crippen LogP contribution in [0.15, 0.2) is 0 Å². The van der Waals surface area contributed by atoms with Crippen LogP contribution in [0.4, 0.5) is 0 Å². The Kier molecular flexibility index (Phi) is 4.79. The predicted octanol–water partition coefficient (Wildman–Crippen LogP) is 1.45. The van der Waals surface area contributed by atoms with E-state index in [1.165, 1.54) is 11.5 Å². The number of aliphatic hydroxyl groups excluding tert-OH is 1. The molecule has 0 aromatic heterocycles. The Hall–Kier alpha value is 0.620. The van der Waals surface area contributed by atoms with E-state index in [1.54, 1.807) is 0 Å². The van der Waals surface area contributed by atoms with E-state index in [1.807, 2.05) is 28.5 Å². The quantitative estimate of drug-likeness (QED) is 0.692. The molecule has 2 nitrogen and oxygen atoms in total. The molecule has 1 rings (SSSR count). The topological polar surface area (TPSA) is 23.5 Å². The lowest BCUT2D eigenvalue weighted by molar-refractivity contribution is 0.0789. The number of nitrogens with zero attached hydrogens (tertiary/aromatic N) is 1. The maximum Gasteiger partial charge on any atom is 0.0664 e. The Labute approximate surface area is 82.5 Å². The van der Waals surface area contributed by atoms with Crippen LogP contribution in [0.1, 0.15) is 13.8 Å². The maximum absolute atomic E-state index is 9.41. The normalized spacial score (nSPS) is 26.2. The van der Waals surface area contributed by atoms with E-state index in [2.05, 4.69) is 11.8 Å². The summed E-state index contributed by atoms with van der Waals surface area (Å²) in [5.74, 6) is 2.36. The highest BCUT2D eigenvalue weighted by Gasteiger charge is 2.19. The van der Waals surface area contributed by atoms with Crippen molar-refractivity contribution in [3.8, 4) is 0 Å². The second kappa shape index (κ2) is 5.37. The number of aliphatic hydroxyl groups is 1. The highest BCUT2D eigenvalue weighted by molar-refractivity contribution is 8.76. The summed E-state index contributed by atoms with van der Waals surface area (Å²) in [7, 11) is 3.88. The minimum absolute atomic E-state index is 0.210. The zero-order chi connectivity index (χ0) is 8.97. The van der Waals surface area contributed by atoms with Crippen LogP contribution in [0.2, 0.25) is 0 Å². The van der Waals surface area contributed by atoms with Gasteiger partial charge < -0.3 is 5.11 Å². The molecule has 1 N–H and O–H groups in total. The maximum atomic E-state index is 9.41. The van der Waals surface area contributed by atoms with Gasteiger partial charge in [-0.15, -0.1) is 0 Å². The summed E-state index contributed by atoms with van der Waals surface area (Å²) in [6.07, 6.45) is -0.210. The first kappa shape index (κ1) is 10.7. The monoisotopic (exact) mass is 207 g/mol. The van der Waals surface area contributed by atoms with E-state index in [9.17, 15) is 5.11 Å². The molecular weight excluding hydrogens is 190 g/mol. The molecule has 0 bridgehead atoms. The van der Waals surface area contributed by atoms with Crippen molar-refractivity contribution < 1.29 is 5.11 Å². The van der Waals surface area contributed by atoms with Crippen LogP contribution >= 0.6 is 21.6 Å². The molecule has 12 heavy (non-hydrogen) atoms. The summed E-state index contributed by atoms with van der Waals surface area (Å²) >= 11 is 0. The molecule has 0 aromatic rings. The zero-order valence-corrected chi connectivity index (χ0v) is 9.33. The first-order chi connectivity index (χ1) is 5.72. The highest BCUT2D eigenvalue weighted by atomic mass is 33.1. The Balaban J connectivity index is 2.37.